The zero-order chi connectivity index (χ0) is 17.9. The van der Waals surface area contributed by atoms with Gasteiger partial charge in [-0.25, -0.2) is 8.42 Å². The van der Waals surface area contributed by atoms with E-state index >= 15 is 0 Å². The van der Waals surface area contributed by atoms with E-state index in [1.165, 1.54) is 10.4 Å². The second-order valence-electron chi connectivity index (χ2n) is 6.20. The summed E-state index contributed by atoms with van der Waals surface area (Å²) in [4.78, 5) is 15.6. The predicted molar refractivity (Wildman–Crippen MR) is 99.2 cm³/mol. The number of benzene rings is 1. The quantitative estimate of drug-likeness (QED) is 0.803. The molecule has 0 N–H and O–H groups in total. The van der Waals surface area contributed by atoms with Gasteiger partial charge in [0.05, 0.1) is 17.0 Å². The summed E-state index contributed by atoms with van der Waals surface area (Å²) in [6.07, 6.45) is 2.79. The van der Waals surface area contributed by atoms with Crippen molar-refractivity contribution in [2.24, 2.45) is 0 Å². The molecule has 25 heavy (non-hydrogen) atoms. The molecule has 1 aliphatic rings. The van der Waals surface area contributed by atoms with Gasteiger partial charge in [0.15, 0.2) is 0 Å². The number of piperidine rings is 1. The van der Waals surface area contributed by atoms with E-state index in [1.807, 2.05) is 17.5 Å². The Labute approximate surface area is 152 Å². The number of hydrogen-bond acceptors (Lipinski definition) is 4. The van der Waals surface area contributed by atoms with Crippen molar-refractivity contribution in [1.82, 2.24) is 9.21 Å². The summed E-state index contributed by atoms with van der Waals surface area (Å²) in [5.74, 6) is -0.274. The first kappa shape index (κ1) is 18.1. The first-order chi connectivity index (χ1) is 12.0. The summed E-state index contributed by atoms with van der Waals surface area (Å²) in [7, 11) is -1.94. The van der Waals surface area contributed by atoms with Crippen LogP contribution in [0.4, 0.5) is 0 Å². The molecule has 1 amide bonds. The van der Waals surface area contributed by atoms with Crippen LogP contribution in [0.1, 0.15) is 34.5 Å². The van der Waals surface area contributed by atoms with Crippen molar-refractivity contribution < 1.29 is 13.2 Å². The SMILES string of the molecule is CN(Cc1cccs1)C(=O)c1ccccc1S(=O)(=O)N1CCCCC1. The number of nitrogens with zero attached hydrogens (tertiary/aromatic N) is 2. The Morgan fingerprint density at radius 3 is 2.52 bits per heavy atom. The smallest absolute Gasteiger partial charge is 0.255 e. The summed E-state index contributed by atoms with van der Waals surface area (Å²) in [6.45, 7) is 1.51. The molecule has 5 nitrogen and oxygen atoms in total. The summed E-state index contributed by atoms with van der Waals surface area (Å²) in [6, 6.07) is 10.4. The molecule has 0 saturated carbocycles. The van der Waals surface area contributed by atoms with Gasteiger partial charge in [-0.1, -0.05) is 24.6 Å². The van der Waals surface area contributed by atoms with Crippen molar-refractivity contribution in [2.75, 3.05) is 20.1 Å². The molecule has 1 saturated heterocycles. The highest BCUT2D eigenvalue weighted by Crippen LogP contribution is 2.25. The first-order valence-electron chi connectivity index (χ1n) is 8.37. The van der Waals surface area contributed by atoms with E-state index in [0.717, 1.165) is 24.1 Å². The van der Waals surface area contributed by atoms with Crippen LogP contribution in [0.2, 0.25) is 0 Å². The Balaban J connectivity index is 1.88. The van der Waals surface area contributed by atoms with Crippen molar-refractivity contribution >= 4 is 27.3 Å². The predicted octanol–water partition coefficient (Wildman–Crippen LogP) is 3.19. The number of thiophene rings is 1. The number of rotatable bonds is 5. The molecule has 0 aliphatic carbocycles. The summed E-state index contributed by atoms with van der Waals surface area (Å²) in [5.41, 5.74) is 0.243. The molecule has 0 radical (unpaired) electrons. The molecular formula is C18H22N2O3S2. The lowest BCUT2D eigenvalue weighted by molar-refractivity contribution is 0.0782. The molecule has 0 atom stereocenters. The van der Waals surface area contributed by atoms with Crippen molar-refractivity contribution in [2.45, 2.75) is 30.7 Å². The van der Waals surface area contributed by atoms with Crippen LogP contribution < -0.4 is 0 Å². The molecule has 2 aromatic rings. The summed E-state index contributed by atoms with van der Waals surface area (Å²) < 4.78 is 27.5. The van der Waals surface area contributed by atoms with E-state index in [0.29, 0.717) is 19.6 Å². The molecule has 1 aromatic carbocycles. The van der Waals surface area contributed by atoms with Crippen LogP contribution in [-0.2, 0) is 16.6 Å². The fraction of sp³-hybridized carbons (Fsp3) is 0.389. The summed E-state index contributed by atoms with van der Waals surface area (Å²) in [5, 5.41) is 1.96. The maximum Gasteiger partial charge on any atom is 0.255 e. The molecule has 1 aliphatic heterocycles. The van der Waals surface area contributed by atoms with E-state index in [-0.39, 0.29) is 16.4 Å². The number of carbonyl (C=O) groups is 1. The van der Waals surface area contributed by atoms with Gasteiger partial charge in [0.25, 0.3) is 5.91 Å². The molecular weight excluding hydrogens is 356 g/mol. The van der Waals surface area contributed by atoms with Crippen LogP contribution in [0.15, 0.2) is 46.7 Å². The Kier molecular flexibility index (Phi) is 5.56. The minimum Gasteiger partial charge on any atom is -0.337 e. The van der Waals surface area contributed by atoms with Crippen LogP contribution >= 0.6 is 11.3 Å². The van der Waals surface area contributed by atoms with Gasteiger partial charge in [-0.15, -0.1) is 11.3 Å². The monoisotopic (exact) mass is 378 g/mol. The van der Waals surface area contributed by atoms with Crippen LogP contribution in [0.5, 0.6) is 0 Å². The van der Waals surface area contributed by atoms with Crippen molar-refractivity contribution in [3.05, 3.63) is 52.2 Å². The van der Waals surface area contributed by atoms with Crippen LogP contribution in [0.3, 0.4) is 0 Å². The van der Waals surface area contributed by atoms with Gasteiger partial charge in [0.1, 0.15) is 0 Å². The maximum atomic E-state index is 13.0. The second kappa shape index (κ2) is 7.68. The third-order valence-corrected chi connectivity index (χ3v) is 7.19. The highest BCUT2D eigenvalue weighted by molar-refractivity contribution is 7.89. The minimum atomic E-state index is -3.64. The van der Waals surface area contributed by atoms with E-state index in [9.17, 15) is 13.2 Å². The van der Waals surface area contributed by atoms with Crippen molar-refractivity contribution in [3.8, 4) is 0 Å². The third-order valence-electron chi connectivity index (χ3n) is 4.37. The van der Waals surface area contributed by atoms with E-state index < -0.39 is 10.0 Å². The lowest BCUT2D eigenvalue weighted by Gasteiger charge is -2.27. The molecule has 1 fully saturated rings. The Bertz CT molecular complexity index is 826. The fourth-order valence-electron chi connectivity index (χ4n) is 3.03. The van der Waals surface area contributed by atoms with Crippen LogP contribution in [0.25, 0.3) is 0 Å². The van der Waals surface area contributed by atoms with Crippen molar-refractivity contribution in [3.63, 3.8) is 0 Å². The standard InChI is InChI=1S/C18H22N2O3S2/c1-19(14-15-8-7-13-24-15)18(21)16-9-3-4-10-17(16)25(22,23)20-11-5-2-6-12-20/h3-4,7-10,13H,2,5-6,11-12,14H2,1H3. The molecule has 2 heterocycles. The fourth-order valence-corrected chi connectivity index (χ4v) is 5.48. The Morgan fingerprint density at radius 2 is 1.84 bits per heavy atom. The topological polar surface area (TPSA) is 57.7 Å². The first-order valence-corrected chi connectivity index (χ1v) is 10.7. The third kappa shape index (κ3) is 3.94. The van der Waals surface area contributed by atoms with Gasteiger partial charge in [-0.3, -0.25) is 4.79 Å². The van der Waals surface area contributed by atoms with Gasteiger partial charge >= 0.3 is 0 Å². The minimum absolute atomic E-state index is 0.111. The lowest BCUT2D eigenvalue weighted by atomic mass is 10.2. The zero-order valence-corrected chi connectivity index (χ0v) is 15.9. The van der Waals surface area contributed by atoms with Crippen LogP contribution in [-0.4, -0.2) is 43.7 Å². The normalized spacial score (nSPS) is 15.9. The van der Waals surface area contributed by atoms with E-state index in [4.69, 9.17) is 0 Å². The van der Waals surface area contributed by atoms with Crippen LogP contribution in [0, 0.1) is 0 Å². The highest BCUT2D eigenvalue weighted by Gasteiger charge is 2.30. The molecule has 7 heteroatoms. The molecule has 0 bridgehead atoms. The lowest BCUT2D eigenvalue weighted by Crippen LogP contribution is -2.37. The number of amides is 1. The Morgan fingerprint density at radius 1 is 1.12 bits per heavy atom. The molecule has 0 unspecified atom stereocenters. The van der Waals surface area contributed by atoms with Crippen molar-refractivity contribution in [1.29, 1.82) is 0 Å². The molecule has 134 valence electrons. The van der Waals surface area contributed by atoms with E-state index in [1.54, 1.807) is 41.5 Å². The summed E-state index contributed by atoms with van der Waals surface area (Å²) >= 11 is 1.58. The largest absolute Gasteiger partial charge is 0.337 e. The number of sulfonamides is 1. The highest BCUT2D eigenvalue weighted by atomic mass is 32.2. The molecule has 3 rings (SSSR count). The van der Waals surface area contributed by atoms with Gasteiger partial charge in [0.2, 0.25) is 10.0 Å². The van der Waals surface area contributed by atoms with Gasteiger partial charge in [-0.05, 0) is 36.4 Å². The number of hydrogen-bond donors (Lipinski definition) is 0. The maximum absolute atomic E-state index is 13.0. The van der Waals surface area contributed by atoms with Gasteiger partial charge < -0.3 is 4.90 Å². The van der Waals surface area contributed by atoms with Gasteiger partial charge in [0, 0.05) is 25.0 Å². The average Bonchev–Trinajstić information content (AvgIpc) is 3.15. The second-order valence-corrected chi connectivity index (χ2v) is 9.14. The Hall–Kier alpha value is -1.70. The number of carbonyl (C=O) groups excluding carboxylic acids is 1. The zero-order valence-electron chi connectivity index (χ0n) is 14.2. The van der Waals surface area contributed by atoms with E-state index in [2.05, 4.69) is 0 Å². The average molecular weight is 379 g/mol. The molecule has 0 spiro atoms. The van der Waals surface area contributed by atoms with Gasteiger partial charge in [-0.2, -0.15) is 4.31 Å². The molecule has 1 aromatic heterocycles.